The number of carbonyl (C=O) groups is 1. The number of nitrogens with one attached hydrogen (secondary N) is 1. The van der Waals surface area contributed by atoms with Crippen LogP contribution >= 0.6 is 27.3 Å². The molecule has 7 nitrogen and oxygen atoms in total. The lowest BCUT2D eigenvalue weighted by atomic mass is 10.2. The van der Waals surface area contributed by atoms with E-state index >= 15 is 0 Å². The number of para-hydroxylation sites is 1. The Labute approximate surface area is 132 Å². The zero-order chi connectivity index (χ0) is 15.4. The van der Waals surface area contributed by atoms with Crippen LogP contribution in [0.15, 0.2) is 34.1 Å². The Bertz CT molecular complexity index is 689. The van der Waals surface area contributed by atoms with Crippen molar-refractivity contribution in [3.05, 3.63) is 54.7 Å². The van der Waals surface area contributed by atoms with Crippen LogP contribution in [-0.4, -0.2) is 10.8 Å². The molecule has 0 fully saturated rings. The highest BCUT2D eigenvalue weighted by molar-refractivity contribution is 9.10. The quantitative estimate of drug-likeness (QED) is 0.363. The summed E-state index contributed by atoms with van der Waals surface area (Å²) in [5, 5.41) is 12.7. The highest BCUT2D eigenvalue weighted by Crippen LogP contribution is 2.35. The largest absolute Gasteiger partial charge is 0.481 e. The molecule has 21 heavy (non-hydrogen) atoms. The summed E-state index contributed by atoms with van der Waals surface area (Å²) in [5.41, 5.74) is 2.50. The second-order valence-electron chi connectivity index (χ2n) is 3.88. The van der Waals surface area contributed by atoms with Crippen molar-refractivity contribution < 1.29 is 14.5 Å². The summed E-state index contributed by atoms with van der Waals surface area (Å²) in [6.07, 6.45) is 0. The van der Waals surface area contributed by atoms with Gasteiger partial charge in [0, 0.05) is 11.6 Å². The maximum Gasteiger partial charge on any atom is 0.312 e. The van der Waals surface area contributed by atoms with Crippen molar-refractivity contribution >= 4 is 38.9 Å². The van der Waals surface area contributed by atoms with E-state index in [1.54, 1.807) is 23.6 Å². The predicted molar refractivity (Wildman–Crippen MR) is 81.1 cm³/mol. The van der Waals surface area contributed by atoms with E-state index in [0.29, 0.717) is 14.9 Å². The molecule has 0 radical (unpaired) electrons. The number of ether oxygens (including phenoxy) is 1. The molecule has 0 saturated carbocycles. The molecule has 1 aromatic heterocycles. The van der Waals surface area contributed by atoms with Crippen LogP contribution in [0.4, 0.5) is 5.69 Å². The van der Waals surface area contributed by atoms with Gasteiger partial charge < -0.3 is 4.74 Å². The second-order valence-corrected chi connectivity index (χ2v) is 5.65. The molecule has 1 amide bonds. The van der Waals surface area contributed by atoms with Gasteiger partial charge in [-0.15, -0.1) is 11.3 Å². The van der Waals surface area contributed by atoms with Crippen LogP contribution in [0.1, 0.15) is 15.2 Å². The van der Waals surface area contributed by atoms with Crippen molar-refractivity contribution in [3.63, 3.8) is 0 Å². The molecule has 2 aromatic rings. The summed E-state index contributed by atoms with van der Waals surface area (Å²) in [4.78, 5) is 22.4. The highest BCUT2D eigenvalue weighted by Gasteiger charge is 2.19. The third-order valence-electron chi connectivity index (χ3n) is 2.60. The van der Waals surface area contributed by atoms with Crippen LogP contribution in [0.5, 0.6) is 5.75 Å². The van der Waals surface area contributed by atoms with Crippen molar-refractivity contribution in [2.24, 2.45) is 5.84 Å². The summed E-state index contributed by atoms with van der Waals surface area (Å²) >= 11 is 4.43. The van der Waals surface area contributed by atoms with Gasteiger partial charge in [-0.1, -0.05) is 6.07 Å². The number of hydrogen-bond acceptors (Lipinski definition) is 6. The van der Waals surface area contributed by atoms with E-state index in [2.05, 4.69) is 15.9 Å². The first-order valence-electron chi connectivity index (χ1n) is 5.67. The number of hydrogen-bond donors (Lipinski definition) is 2. The average Bonchev–Trinajstić information content (AvgIpc) is 2.93. The van der Waals surface area contributed by atoms with E-state index in [1.165, 1.54) is 17.4 Å². The van der Waals surface area contributed by atoms with E-state index in [0.717, 1.165) is 0 Å². The number of nitro benzene ring substituents is 1. The van der Waals surface area contributed by atoms with Crippen molar-refractivity contribution in [2.45, 2.75) is 6.61 Å². The van der Waals surface area contributed by atoms with Gasteiger partial charge in [0.2, 0.25) is 5.75 Å². The standard InChI is InChI=1S/C12H10BrN3O4S/c13-8-2-1-3-9(16(18)19)10(8)20-6-7-4-5-21-11(7)12(17)15-14/h1-5H,6,14H2,(H,15,17). The molecular weight excluding hydrogens is 362 g/mol. The van der Waals surface area contributed by atoms with Gasteiger partial charge in [0.1, 0.15) is 6.61 Å². The number of nitro groups is 1. The molecule has 110 valence electrons. The van der Waals surface area contributed by atoms with Gasteiger partial charge in [0.15, 0.2) is 0 Å². The fourth-order valence-electron chi connectivity index (χ4n) is 1.65. The fraction of sp³-hybridized carbons (Fsp3) is 0.0833. The molecule has 0 atom stereocenters. The van der Waals surface area contributed by atoms with Crippen LogP contribution in [0.2, 0.25) is 0 Å². The second kappa shape index (κ2) is 6.66. The number of nitrogens with two attached hydrogens (primary N) is 1. The monoisotopic (exact) mass is 371 g/mol. The van der Waals surface area contributed by atoms with Crippen molar-refractivity contribution in [1.29, 1.82) is 0 Å². The molecule has 1 aromatic carbocycles. The van der Waals surface area contributed by atoms with Crippen molar-refractivity contribution in [2.75, 3.05) is 0 Å². The first-order chi connectivity index (χ1) is 10.0. The SMILES string of the molecule is NNC(=O)c1sccc1COc1c(Br)cccc1[N+](=O)[O-]. The van der Waals surface area contributed by atoms with Gasteiger partial charge in [-0.3, -0.25) is 20.3 Å². The lowest BCUT2D eigenvalue weighted by molar-refractivity contribution is -0.386. The zero-order valence-electron chi connectivity index (χ0n) is 10.5. The number of amides is 1. The first-order valence-corrected chi connectivity index (χ1v) is 7.35. The minimum absolute atomic E-state index is 0.0235. The van der Waals surface area contributed by atoms with Crippen LogP contribution in [-0.2, 0) is 6.61 Å². The number of benzene rings is 1. The maximum absolute atomic E-state index is 11.6. The Hall–Kier alpha value is -1.97. The highest BCUT2D eigenvalue weighted by atomic mass is 79.9. The van der Waals surface area contributed by atoms with Gasteiger partial charge in [0.05, 0.1) is 14.3 Å². The molecule has 0 aliphatic rings. The molecule has 0 unspecified atom stereocenters. The van der Waals surface area contributed by atoms with Crippen molar-refractivity contribution in [3.8, 4) is 5.75 Å². The number of hydrazine groups is 1. The lowest BCUT2D eigenvalue weighted by Gasteiger charge is -2.09. The van der Waals surface area contributed by atoms with Crippen LogP contribution < -0.4 is 16.0 Å². The number of thiophene rings is 1. The summed E-state index contributed by atoms with van der Waals surface area (Å²) in [7, 11) is 0. The normalized spacial score (nSPS) is 10.2. The molecule has 0 aliphatic carbocycles. The third kappa shape index (κ3) is 3.38. The van der Waals surface area contributed by atoms with Gasteiger partial charge >= 0.3 is 5.69 Å². The fourth-order valence-corrected chi connectivity index (χ4v) is 2.93. The topological polar surface area (TPSA) is 107 Å². The Morgan fingerprint density at radius 3 is 2.90 bits per heavy atom. The molecule has 2 rings (SSSR count). The van der Waals surface area contributed by atoms with E-state index in [1.807, 2.05) is 5.43 Å². The van der Waals surface area contributed by atoms with E-state index < -0.39 is 10.8 Å². The third-order valence-corrected chi connectivity index (χ3v) is 4.18. The Morgan fingerprint density at radius 2 is 2.24 bits per heavy atom. The number of nitrogens with zero attached hydrogens (tertiary/aromatic N) is 1. The summed E-state index contributed by atoms with van der Waals surface area (Å²) in [6.45, 7) is 0.0235. The maximum atomic E-state index is 11.6. The van der Waals surface area contributed by atoms with Gasteiger partial charge in [-0.05, 0) is 33.4 Å². The Morgan fingerprint density at radius 1 is 1.48 bits per heavy atom. The number of halogens is 1. The first kappa shape index (κ1) is 15.4. The summed E-state index contributed by atoms with van der Waals surface area (Å²) < 4.78 is 5.98. The molecule has 3 N–H and O–H groups in total. The van der Waals surface area contributed by atoms with E-state index in [9.17, 15) is 14.9 Å². The van der Waals surface area contributed by atoms with Gasteiger partial charge in [-0.2, -0.15) is 0 Å². The molecule has 9 heteroatoms. The van der Waals surface area contributed by atoms with Crippen molar-refractivity contribution in [1.82, 2.24) is 5.43 Å². The van der Waals surface area contributed by atoms with Gasteiger partial charge in [0.25, 0.3) is 5.91 Å². The Balaban J connectivity index is 2.23. The van der Waals surface area contributed by atoms with Crippen LogP contribution in [0.25, 0.3) is 0 Å². The number of nitrogen functional groups attached to an aromatic ring is 1. The minimum atomic E-state index is -0.527. The molecule has 0 aliphatic heterocycles. The molecule has 0 bridgehead atoms. The Kier molecular flexibility index (Phi) is 4.89. The predicted octanol–water partition coefficient (Wildman–Crippen LogP) is 2.60. The van der Waals surface area contributed by atoms with E-state index in [4.69, 9.17) is 10.6 Å². The number of carbonyl (C=O) groups excluding carboxylic acids is 1. The average molecular weight is 372 g/mol. The zero-order valence-corrected chi connectivity index (χ0v) is 12.9. The van der Waals surface area contributed by atoms with Gasteiger partial charge in [-0.25, -0.2) is 5.84 Å². The molecule has 0 saturated heterocycles. The molecule has 1 heterocycles. The van der Waals surface area contributed by atoms with E-state index in [-0.39, 0.29) is 18.0 Å². The molecular formula is C12H10BrN3O4S. The van der Waals surface area contributed by atoms with Crippen LogP contribution in [0.3, 0.4) is 0 Å². The summed E-state index contributed by atoms with van der Waals surface area (Å²) in [5.74, 6) is 4.79. The minimum Gasteiger partial charge on any atom is -0.481 e. The summed E-state index contributed by atoms with van der Waals surface area (Å²) in [6, 6.07) is 6.25. The number of rotatable bonds is 5. The van der Waals surface area contributed by atoms with Crippen LogP contribution in [0, 0.1) is 10.1 Å². The molecule has 0 spiro atoms. The smallest absolute Gasteiger partial charge is 0.312 e. The lowest BCUT2D eigenvalue weighted by Crippen LogP contribution is -2.30.